The highest BCUT2D eigenvalue weighted by Crippen LogP contribution is 2.62. The Kier molecular flexibility index (Phi) is 24.4. The molecule has 1 aliphatic heterocycles. The molecule has 2 aliphatic carbocycles. The molecule has 6 unspecified atom stereocenters. The van der Waals surface area contributed by atoms with Crippen LogP contribution in [0.25, 0.3) is 21.6 Å². The Bertz CT molecular complexity index is 1720. The van der Waals surface area contributed by atoms with E-state index in [4.69, 9.17) is 0 Å². The van der Waals surface area contributed by atoms with Crippen molar-refractivity contribution in [3.63, 3.8) is 0 Å². The summed E-state index contributed by atoms with van der Waals surface area (Å²) in [5.41, 5.74) is 11.0. The first-order chi connectivity index (χ1) is 30.7. The molecule has 360 valence electrons. The van der Waals surface area contributed by atoms with Gasteiger partial charge in [-0.1, -0.05) is 166 Å². The van der Waals surface area contributed by atoms with E-state index >= 15 is 0 Å². The molecular formula is C58H92S6. The maximum atomic E-state index is 2.72. The lowest BCUT2D eigenvalue weighted by atomic mass is 9.98. The van der Waals surface area contributed by atoms with E-state index in [9.17, 15) is 0 Å². The van der Waals surface area contributed by atoms with Crippen molar-refractivity contribution in [1.82, 2.24) is 0 Å². The molecule has 0 amide bonds. The van der Waals surface area contributed by atoms with Crippen molar-refractivity contribution in [3.05, 3.63) is 65.8 Å². The number of rotatable bonds is 32. The Morgan fingerprint density at radius 2 is 0.922 bits per heavy atom. The van der Waals surface area contributed by atoms with E-state index in [0.717, 1.165) is 47.3 Å². The van der Waals surface area contributed by atoms with Gasteiger partial charge in [0.2, 0.25) is 0 Å². The third kappa shape index (κ3) is 17.1. The minimum Gasteiger partial charge on any atom is -0.143 e. The molecule has 0 spiro atoms. The van der Waals surface area contributed by atoms with Crippen LogP contribution in [0.1, 0.15) is 213 Å². The summed E-state index contributed by atoms with van der Waals surface area (Å²) < 4.78 is 3.24. The number of hydrogen-bond donors (Lipinski definition) is 0. The second kappa shape index (κ2) is 28.5. The topological polar surface area (TPSA) is 0 Å². The quantitative estimate of drug-likeness (QED) is 0.0609. The van der Waals surface area contributed by atoms with Crippen LogP contribution in [0.5, 0.6) is 0 Å². The summed E-state index contributed by atoms with van der Waals surface area (Å²) in [6.07, 6.45) is 24.3. The molecule has 5 rings (SSSR count). The first-order valence-corrected chi connectivity index (χ1v) is 32.1. The van der Waals surface area contributed by atoms with Gasteiger partial charge in [-0.2, -0.15) is 0 Å². The lowest BCUT2D eigenvalue weighted by molar-refractivity contribution is 0.451. The summed E-state index contributed by atoms with van der Waals surface area (Å²) >= 11 is 12.9. The van der Waals surface area contributed by atoms with Crippen molar-refractivity contribution < 1.29 is 0 Å². The second-order valence-electron chi connectivity index (χ2n) is 22.2. The number of fused-ring (bicyclic) bond motifs is 6. The van der Waals surface area contributed by atoms with Crippen LogP contribution in [-0.4, -0.2) is 23.0 Å². The molecule has 6 atom stereocenters. The standard InChI is InChI=1S/C58H92S6/c1-39(2)17-13-21-43(9)25-31-61-57(62-32-26-44(10)22-14-18-40(3)4)53-47-29-35-59-55(47)51-38-50-52(37-49(51)53)56-48(30-36-60-56)54(50)58(63-33-27-45(11)23-15-19-41(5)6)64-34-28-46(12)24-16-20-42(7)8/h29-30,35-47,55H,13-28,31-34H2,1-12H3. The van der Waals surface area contributed by atoms with E-state index < -0.39 is 0 Å². The smallest absolute Gasteiger partial charge is 0.0486 e. The maximum absolute atomic E-state index is 2.72. The highest BCUT2D eigenvalue weighted by atomic mass is 32.2. The van der Waals surface area contributed by atoms with Crippen LogP contribution in [0.15, 0.2) is 43.5 Å². The molecule has 1 aromatic heterocycles. The minimum absolute atomic E-state index is 0.484. The molecule has 0 bridgehead atoms. The zero-order valence-corrected chi connectivity index (χ0v) is 47.7. The Morgan fingerprint density at radius 1 is 0.484 bits per heavy atom. The molecule has 0 N–H and O–H groups in total. The molecular weight excluding hydrogens is 889 g/mol. The van der Waals surface area contributed by atoms with Gasteiger partial charge in [0.1, 0.15) is 0 Å². The molecule has 0 saturated carbocycles. The number of thioether (sulfide) groups is 5. The molecule has 0 fully saturated rings. The Balaban J connectivity index is 1.46. The van der Waals surface area contributed by atoms with Crippen molar-refractivity contribution in [2.45, 2.75) is 191 Å². The van der Waals surface area contributed by atoms with Crippen LogP contribution >= 0.6 is 70.1 Å². The Hall–Kier alpha value is -0.110. The van der Waals surface area contributed by atoms with Crippen molar-refractivity contribution in [1.29, 1.82) is 0 Å². The Morgan fingerprint density at radius 3 is 1.36 bits per heavy atom. The number of allylic oxidation sites excluding steroid dienone is 2. The van der Waals surface area contributed by atoms with E-state index in [0.29, 0.717) is 11.2 Å². The zero-order chi connectivity index (χ0) is 46.2. The molecule has 0 radical (unpaired) electrons. The molecule has 6 heteroatoms. The third-order valence-electron chi connectivity index (χ3n) is 14.1. The fraction of sp³-hybridized carbons (Fsp3) is 0.724. The molecule has 2 aromatic rings. The van der Waals surface area contributed by atoms with Gasteiger partial charge in [-0.15, -0.1) is 70.1 Å². The molecule has 3 aliphatic rings. The van der Waals surface area contributed by atoms with E-state index in [1.807, 2.05) is 11.3 Å². The van der Waals surface area contributed by atoms with E-state index in [1.54, 1.807) is 30.7 Å². The van der Waals surface area contributed by atoms with Crippen LogP contribution in [0.3, 0.4) is 0 Å². The largest absolute Gasteiger partial charge is 0.143 e. The third-order valence-corrected chi connectivity index (χ3v) is 21.3. The summed E-state index contributed by atoms with van der Waals surface area (Å²) in [4.78, 5) is 1.52. The molecule has 0 saturated heterocycles. The first-order valence-electron chi connectivity index (χ1n) is 26.3. The fourth-order valence-corrected chi connectivity index (χ4v) is 17.9. The first kappa shape index (κ1) is 54.8. The van der Waals surface area contributed by atoms with Crippen LogP contribution < -0.4 is 0 Å². The van der Waals surface area contributed by atoms with Gasteiger partial charge in [-0.3, -0.25) is 0 Å². The van der Waals surface area contributed by atoms with Gasteiger partial charge in [0.05, 0.1) is 0 Å². The summed E-state index contributed by atoms with van der Waals surface area (Å²) in [5, 5.41) is 5.33. The van der Waals surface area contributed by atoms with Gasteiger partial charge in [-0.25, -0.2) is 0 Å². The van der Waals surface area contributed by atoms with Crippen LogP contribution in [0.4, 0.5) is 0 Å². The molecule has 64 heavy (non-hydrogen) atoms. The number of hydrogen-bond acceptors (Lipinski definition) is 6. The molecule has 2 heterocycles. The lowest BCUT2D eigenvalue weighted by Crippen LogP contribution is -2.01. The predicted octanol–water partition coefficient (Wildman–Crippen LogP) is 21.4. The predicted molar refractivity (Wildman–Crippen MR) is 305 cm³/mol. The minimum atomic E-state index is 0.484. The summed E-state index contributed by atoms with van der Waals surface area (Å²) in [6.45, 7) is 29.1. The van der Waals surface area contributed by atoms with E-state index in [-0.39, 0.29) is 0 Å². The van der Waals surface area contributed by atoms with Gasteiger partial charge in [0.15, 0.2) is 0 Å². The van der Waals surface area contributed by atoms with Gasteiger partial charge in [-0.05, 0) is 147 Å². The van der Waals surface area contributed by atoms with Crippen molar-refractivity contribution in [2.75, 3.05) is 23.0 Å². The number of thiophene rings is 1. The van der Waals surface area contributed by atoms with Crippen LogP contribution in [0, 0.1) is 53.3 Å². The normalized spacial score (nSPS) is 18.4. The van der Waals surface area contributed by atoms with Gasteiger partial charge >= 0.3 is 0 Å². The SMILES string of the molecule is CC(C)CCCC(C)CCSC(SCCC(C)CCCC(C)C)=C1c2cc3c(cc2-c2sccc21)C(=C(SCCC(C)CCCC(C)C)SCCC(C)CCCC(C)C)C1C=CSC31. The van der Waals surface area contributed by atoms with Crippen molar-refractivity contribution in [2.24, 2.45) is 53.3 Å². The monoisotopic (exact) mass is 981 g/mol. The van der Waals surface area contributed by atoms with Crippen LogP contribution in [-0.2, 0) is 0 Å². The van der Waals surface area contributed by atoms with Crippen molar-refractivity contribution in [3.8, 4) is 10.4 Å². The van der Waals surface area contributed by atoms with Crippen LogP contribution in [0.2, 0.25) is 0 Å². The fourth-order valence-electron chi connectivity index (χ4n) is 9.77. The van der Waals surface area contributed by atoms with Gasteiger partial charge < -0.3 is 0 Å². The zero-order valence-electron chi connectivity index (χ0n) is 42.8. The highest BCUT2D eigenvalue weighted by Gasteiger charge is 2.42. The second-order valence-corrected chi connectivity index (χ2v) is 29.1. The highest BCUT2D eigenvalue weighted by molar-refractivity contribution is 8.23. The summed E-state index contributed by atoms with van der Waals surface area (Å²) in [6, 6.07) is 7.90. The average Bonchev–Trinajstić information content (AvgIpc) is 4.01. The Labute approximate surface area is 421 Å². The van der Waals surface area contributed by atoms with E-state index in [1.165, 1.54) is 147 Å². The van der Waals surface area contributed by atoms with Gasteiger partial charge in [0, 0.05) is 41.2 Å². The lowest BCUT2D eigenvalue weighted by Gasteiger charge is -2.19. The number of benzene rings is 1. The molecule has 1 aromatic carbocycles. The molecule has 0 nitrogen and oxygen atoms in total. The summed E-state index contributed by atoms with van der Waals surface area (Å²) in [5.74, 6) is 11.8. The summed E-state index contributed by atoms with van der Waals surface area (Å²) in [7, 11) is 0. The van der Waals surface area contributed by atoms with E-state index in [2.05, 4.69) is 177 Å². The average molecular weight is 982 g/mol. The van der Waals surface area contributed by atoms with Crippen molar-refractivity contribution >= 4 is 81.3 Å². The maximum Gasteiger partial charge on any atom is 0.0486 e. The van der Waals surface area contributed by atoms with Gasteiger partial charge in [0.25, 0.3) is 0 Å².